The Labute approximate surface area is 160 Å². The van der Waals surface area contributed by atoms with Crippen molar-refractivity contribution in [1.82, 2.24) is 15.3 Å². The van der Waals surface area contributed by atoms with Gasteiger partial charge in [-0.3, -0.25) is 14.6 Å². The van der Waals surface area contributed by atoms with Crippen LogP contribution in [0.15, 0.2) is 77.5 Å². The highest BCUT2D eigenvalue weighted by Crippen LogP contribution is 2.21. The second kappa shape index (κ2) is 7.71. The van der Waals surface area contributed by atoms with Gasteiger partial charge in [0.1, 0.15) is 17.1 Å². The van der Waals surface area contributed by atoms with Crippen LogP contribution in [0.1, 0.15) is 26.7 Å². The number of carbonyl (C=O) groups excluding carboxylic acids is 2. The SMILES string of the molecule is O=C(NCc1ccco1)c1cccc(C(=O)Nc2cccc3cccnc23)n1. The van der Waals surface area contributed by atoms with Crippen LogP contribution >= 0.6 is 0 Å². The van der Waals surface area contributed by atoms with Gasteiger partial charge in [-0.2, -0.15) is 0 Å². The van der Waals surface area contributed by atoms with Crippen molar-refractivity contribution >= 4 is 28.4 Å². The highest BCUT2D eigenvalue weighted by Gasteiger charge is 2.14. The number of nitrogens with one attached hydrogen (secondary N) is 2. The first kappa shape index (κ1) is 17.4. The zero-order valence-electron chi connectivity index (χ0n) is 14.8. The zero-order chi connectivity index (χ0) is 19.3. The molecule has 0 aliphatic rings. The number of carbonyl (C=O) groups is 2. The normalized spacial score (nSPS) is 10.6. The van der Waals surface area contributed by atoms with E-state index in [0.717, 1.165) is 5.39 Å². The number of anilines is 1. The number of nitrogens with zero attached hydrogens (tertiary/aromatic N) is 2. The average molecular weight is 372 g/mol. The molecule has 3 heterocycles. The standard InChI is InChI=1S/C21H16N4O3/c26-20(23-13-15-7-4-12-28-15)17-9-2-10-18(24-17)21(27)25-16-8-1-5-14-6-3-11-22-19(14)16/h1-12H,13H2,(H,23,26)(H,25,27). The molecule has 0 fully saturated rings. The lowest BCUT2D eigenvalue weighted by Crippen LogP contribution is -2.25. The third kappa shape index (κ3) is 3.73. The lowest BCUT2D eigenvalue weighted by Gasteiger charge is -2.08. The van der Waals surface area contributed by atoms with Gasteiger partial charge in [0, 0.05) is 11.6 Å². The van der Waals surface area contributed by atoms with E-state index < -0.39 is 11.8 Å². The van der Waals surface area contributed by atoms with E-state index in [0.29, 0.717) is 17.0 Å². The number of hydrogen-bond donors (Lipinski definition) is 2. The van der Waals surface area contributed by atoms with E-state index in [4.69, 9.17) is 4.42 Å². The molecule has 0 bridgehead atoms. The molecule has 0 saturated carbocycles. The van der Waals surface area contributed by atoms with Gasteiger partial charge in [0.05, 0.1) is 24.0 Å². The van der Waals surface area contributed by atoms with Crippen molar-refractivity contribution < 1.29 is 14.0 Å². The Hall–Kier alpha value is -4.00. The van der Waals surface area contributed by atoms with Gasteiger partial charge in [-0.05, 0) is 36.4 Å². The molecule has 0 aliphatic carbocycles. The Balaban J connectivity index is 1.50. The van der Waals surface area contributed by atoms with Crippen molar-refractivity contribution in [2.45, 2.75) is 6.54 Å². The van der Waals surface area contributed by atoms with Crippen LogP contribution in [0, 0.1) is 0 Å². The van der Waals surface area contributed by atoms with Crippen molar-refractivity contribution in [3.05, 3.63) is 90.3 Å². The molecular formula is C21H16N4O3. The van der Waals surface area contributed by atoms with Crippen molar-refractivity contribution in [2.75, 3.05) is 5.32 Å². The van der Waals surface area contributed by atoms with Crippen molar-refractivity contribution in [3.8, 4) is 0 Å². The molecule has 28 heavy (non-hydrogen) atoms. The Bertz CT molecular complexity index is 1130. The summed E-state index contributed by atoms with van der Waals surface area (Å²) in [7, 11) is 0. The first-order valence-electron chi connectivity index (χ1n) is 8.63. The molecule has 4 rings (SSSR count). The van der Waals surface area contributed by atoms with Crippen molar-refractivity contribution in [2.24, 2.45) is 0 Å². The van der Waals surface area contributed by atoms with Gasteiger partial charge in [-0.25, -0.2) is 4.98 Å². The number of benzene rings is 1. The Morgan fingerprint density at radius 1 is 0.893 bits per heavy atom. The van der Waals surface area contributed by atoms with Crippen molar-refractivity contribution in [1.29, 1.82) is 0 Å². The molecule has 138 valence electrons. The van der Waals surface area contributed by atoms with Crippen LogP contribution < -0.4 is 10.6 Å². The summed E-state index contributed by atoms with van der Waals surface area (Å²) in [6, 6.07) is 17.5. The zero-order valence-corrected chi connectivity index (χ0v) is 14.8. The maximum atomic E-state index is 12.6. The van der Waals surface area contributed by atoms with Crippen LogP contribution in [0.3, 0.4) is 0 Å². The van der Waals surface area contributed by atoms with Crippen LogP contribution in [0.2, 0.25) is 0 Å². The van der Waals surface area contributed by atoms with E-state index >= 15 is 0 Å². The summed E-state index contributed by atoms with van der Waals surface area (Å²) in [5.74, 6) is -0.178. The molecule has 0 radical (unpaired) electrons. The largest absolute Gasteiger partial charge is 0.467 e. The summed E-state index contributed by atoms with van der Waals surface area (Å²) in [4.78, 5) is 33.4. The molecular weight excluding hydrogens is 356 g/mol. The fraction of sp³-hybridized carbons (Fsp3) is 0.0476. The molecule has 4 aromatic rings. The van der Waals surface area contributed by atoms with E-state index in [-0.39, 0.29) is 17.9 Å². The number of fused-ring (bicyclic) bond motifs is 1. The summed E-state index contributed by atoms with van der Waals surface area (Å²) < 4.78 is 5.18. The molecule has 0 spiro atoms. The minimum absolute atomic E-state index is 0.138. The highest BCUT2D eigenvalue weighted by atomic mass is 16.3. The topological polar surface area (TPSA) is 97.1 Å². The Kier molecular flexibility index (Phi) is 4.79. The third-order valence-electron chi connectivity index (χ3n) is 4.10. The lowest BCUT2D eigenvalue weighted by molar-refractivity contribution is 0.0943. The van der Waals surface area contributed by atoms with Crippen LogP contribution in [0.5, 0.6) is 0 Å². The van der Waals surface area contributed by atoms with Crippen LogP contribution in [-0.4, -0.2) is 21.8 Å². The molecule has 2 amide bonds. The maximum Gasteiger partial charge on any atom is 0.274 e. The monoisotopic (exact) mass is 372 g/mol. The summed E-state index contributed by atoms with van der Waals surface area (Å²) in [6.45, 7) is 0.242. The summed E-state index contributed by atoms with van der Waals surface area (Å²) in [6.07, 6.45) is 3.20. The Morgan fingerprint density at radius 3 is 2.50 bits per heavy atom. The Morgan fingerprint density at radius 2 is 1.68 bits per heavy atom. The molecule has 7 nitrogen and oxygen atoms in total. The quantitative estimate of drug-likeness (QED) is 0.560. The van der Waals surface area contributed by atoms with Crippen LogP contribution in [0.25, 0.3) is 10.9 Å². The summed E-state index contributed by atoms with van der Waals surface area (Å²) in [5, 5.41) is 6.43. The van der Waals surface area contributed by atoms with Gasteiger partial charge in [0.15, 0.2) is 0 Å². The predicted octanol–water partition coefficient (Wildman–Crippen LogP) is 3.41. The van der Waals surface area contributed by atoms with Crippen molar-refractivity contribution in [3.63, 3.8) is 0 Å². The smallest absolute Gasteiger partial charge is 0.274 e. The first-order valence-corrected chi connectivity index (χ1v) is 8.63. The molecule has 1 aromatic carbocycles. The second-order valence-electron chi connectivity index (χ2n) is 6.00. The van der Waals surface area contributed by atoms with Gasteiger partial charge in [0.2, 0.25) is 0 Å². The van der Waals surface area contributed by atoms with Crippen LogP contribution in [0.4, 0.5) is 5.69 Å². The lowest BCUT2D eigenvalue weighted by atomic mass is 10.2. The number of pyridine rings is 2. The fourth-order valence-corrected chi connectivity index (χ4v) is 2.75. The molecule has 0 unspecified atom stereocenters. The van der Waals surface area contributed by atoms with Gasteiger partial charge in [0.25, 0.3) is 11.8 Å². The van der Waals surface area contributed by atoms with E-state index in [1.807, 2.05) is 24.3 Å². The molecule has 2 N–H and O–H groups in total. The van der Waals surface area contributed by atoms with Crippen LogP contribution in [-0.2, 0) is 6.54 Å². The number of rotatable bonds is 5. The van der Waals surface area contributed by atoms with E-state index in [1.165, 1.54) is 6.26 Å². The van der Waals surface area contributed by atoms with Gasteiger partial charge >= 0.3 is 0 Å². The first-order chi connectivity index (χ1) is 13.7. The number of para-hydroxylation sites is 1. The van der Waals surface area contributed by atoms with E-state index in [2.05, 4.69) is 20.6 Å². The molecule has 7 heteroatoms. The number of aromatic nitrogens is 2. The second-order valence-corrected chi connectivity index (χ2v) is 6.00. The minimum Gasteiger partial charge on any atom is -0.467 e. The highest BCUT2D eigenvalue weighted by molar-refractivity contribution is 6.07. The molecule has 0 saturated heterocycles. The average Bonchev–Trinajstić information content (AvgIpc) is 3.26. The number of hydrogen-bond acceptors (Lipinski definition) is 5. The fourth-order valence-electron chi connectivity index (χ4n) is 2.75. The minimum atomic E-state index is -0.418. The predicted molar refractivity (Wildman–Crippen MR) is 104 cm³/mol. The van der Waals surface area contributed by atoms with Gasteiger partial charge in [-0.15, -0.1) is 0 Å². The molecule has 0 aliphatic heterocycles. The summed E-state index contributed by atoms with van der Waals surface area (Å²) >= 11 is 0. The molecule has 0 atom stereocenters. The molecule has 3 aromatic heterocycles. The third-order valence-corrected chi connectivity index (χ3v) is 4.10. The number of furan rings is 1. The van der Waals surface area contributed by atoms with E-state index in [1.54, 1.807) is 42.6 Å². The van der Waals surface area contributed by atoms with Gasteiger partial charge < -0.3 is 15.1 Å². The van der Waals surface area contributed by atoms with Gasteiger partial charge in [-0.1, -0.05) is 24.3 Å². The maximum absolute atomic E-state index is 12.6. The number of amides is 2. The summed E-state index contributed by atoms with van der Waals surface area (Å²) in [5.41, 5.74) is 1.55. The van der Waals surface area contributed by atoms with E-state index in [9.17, 15) is 9.59 Å².